The Balaban J connectivity index is 2.09. The number of aromatic nitrogens is 4. The van der Waals surface area contributed by atoms with Gasteiger partial charge in [0.05, 0.1) is 6.54 Å². The van der Waals surface area contributed by atoms with Gasteiger partial charge >= 0.3 is 0 Å². The second-order valence-electron chi connectivity index (χ2n) is 5.76. The summed E-state index contributed by atoms with van der Waals surface area (Å²) < 4.78 is 29.9. The molecule has 5 nitrogen and oxygen atoms in total. The Bertz CT molecular complexity index is 858. The summed E-state index contributed by atoms with van der Waals surface area (Å²) in [6.45, 7) is 1.67. The summed E-state index contributed by atoms with van der Waals surface area (Å²) >= 11 is 3.31. The third-order valence-corrected chi connectivity index (χ3v) is 4.65. The molecular weight excluding hydrogens is 394 g/mol. The third-order valence-electron chi connectivity index (χ3n) is 4.18. The molecule has 0 fully saturated rings. The molecule has 25 heavy (non-hydrogen) atoms. The van der Waals surface area contributed by atoms with Crippen LogP contribution in [0.5, 0.6) is 0 Å². The maximum absolute atomic E-state index is 14.4. The van der Waals surface area contributed by atoms with Crippen LogP contribution in [0.1, 0.15) is 24.1 Å². The van der Waals surface area contributed by atoms with E-state index in [1.54, 1.807) is 25.3 Å². The van der Waals surface area contributed by atoms with Crippen LogP contribution < -0.4 is 0 Å². The normalized spacial score (nSPS) is 14.9. The number of hydrogen-bond donors (Lipinski definition) is 1. The van der Waals surface area contributed by atoms with Crippen LogP contribution in [-0.2, 0) is 12.1 Å². The van der Waals surface area contributed by atoms with Crippen molar-refractivity contribution in [3.8, 4) is 0 Å². The molecule has 0 saturated heterocycles. The largest absolute Gasteiger partial charge is 0.382 e. The third kappa shape index (κ3) is 3.59. The molecule has 0 bridgehead atoms. The van der Waals surface area contributed by atoms with Crippen molar-refractivity contribution in [2.24, 2.45) is 0 Å². The van der Waals surface area contributed by atoms with Crippen molar-refractivity contribution in [2.75, 3.05) is 0 Å². The van der Waals surface area contributed by atoms with E-state index in [0.717, 1.165) is 16.6 Å². The van der Waals surface area contributed by atoms with Crippen molar-refractivity contribution in [2.45, 2.75) is 25.0 Å². The molecule has 0 amide bonds. The Kier molecular flexibility index (Phi) is 4.91. The first-order valence-electron chi connectivity index (χ1n) is 7.52. The van der Waals surface area contributed by atoms with Gasteiger partial charge in [0.25, 0.3) is 0 Å². The van der Waals surface area contributed by atoms with Gasteiger partial charge in [-0.25, -0.2) is 18.4 Å². The molecule has 2 aromatic heterocycles. The number of nitrogens with zero attached hydrogens (tertiary/aromatic N) is 4. The summed E-state index contributed by atoms with van der Waals surface area (Å²) in [6.07, 6.45) is 4.35. The smallest absolute Gasteiger partial charge is 0.137 e. The van der Waals surface area contributed by atoms with E-state index in [9.17, 15) is 13.9 Å². The van der Waals surface area contributed by atoms with E-state index >= 15 is 0 Å². The average Bonchev–Trinajstić information content (AvgIpc) is 3.07. The minimum Gasteiger partial charge on any atom is -0.382 e. The van der Waals surface area contributed by atoms with Gasteiger partial charge in [0.15, 0.2) is 0 Å². The van der Waals surface area contributed by atoms with Crippen molar-refractivity contribution in [1.29, 1.82) is 0 Å². The lowest BCUT2D eigenvalue weighted by Gasteiger charge is -2.34. The van der Waals surface area contributed by atoms with Crippen LogP contribution in [-0.4, -0.2) is 24.9 Å². The number of halogens is 3. The zero-order valence-corrected chi connectivity index (χ0v) is 14.9. The standard InChI is InChI=1S/C17H15BrF2N4O/c1-11(16-5-2-12(18)7-22-16)17(25,8-24-10-21-9-23-24)14-4-3-13(19)6-15(14)20/h2-7,9-11,25H,8H2,1H3. The summed E-state index contributed by atoms with van der Waals surface area (Å²) in [5, 5.41) is 15.4. The van der Waals surface area contributed by atoms with Crippen molar-refractivity contribution < 1.29 is 13.9 Å². The Morgan fingerprint density at radius 2 is 2.08 bits per heavy atom. The molecule has 130 valence electrons. The molecule has 3 aromatic rings. The zero-order chi connectivity index (χ0) is 18.0. The molecular formula is C17H15BrF2N4O. The van der Waals surface area contributed by atoms with Crippen LogP contribution in [0.25, 0.3) is 0 Å². The number of rotatable bonds is 5. The minimum atomic E-state index is -1.70. The molecule has 0 spiro atoms. The first-order valence-corrected chi connectivity index (χ1v) is 8.31. The lowest BCUT2D eigenvalue weighted by atomic mass is 9.79. The van der Waals surface area contributed by atoms with Gasteiger partial charge in [0, 0.05) is 33.9 Å². The summed E-state index contributed by atoms with van der Waals surface area (Å²) in [5.41, 5.74) is -1.16. The van der Waals surface area contributed by atoms with Gasteiger partial charge in [-0.1, -0.05) is 13.0 Å². The molecule has 2 unspecified atom stereocenters. The van der Waals surface area contributed by atoms with Crippen LogP contribution in [0.15, 0.2) is 53.7 Å². The van der Waals surface area contributed by atoms with E-state index in [4.69, 9.17) is 0 Å². The predicted octanol–water partition coefficient (Wildman–Crippen LogP) is 3.41. The second-order valence-corrected chi connectivity index (χ2v) is 6.68. The summed E-state index contributed by atoms with van der Waals surface area (Å²) in [5.74, 6) is -2.13. The molecule has 3 rings (SSSR count). The zero-order valence-electron chi connectivity index (χ0n) is 13.3. The van der Waals surface area contributed by atoms with Gasteiger partial charge in [-0.3, -0.25) is 4.98 Å². The summed E-state index contributed by atoms with van der Waals surface area (Å²) in [7, 11) is 0. The van der Waals surface area contributed by atoms with E-state index in [2.05, 4.69) is 31.0 Å². The van der Waals surface area contributed by atoms with Gasteiger partial charge in [-0.2, -0.15) is 5.10 Å². The fourth-order valence-corrected chi connectivity index (χ4v) is 2.98. The summed E-state index contributed by atoms with van der Waals surface area (Å²) in [4.78, 5) is 8.14. The molecule has 2 heterocycles. The van der Waals surface area contributed by atoms with Crippen molar-refractivity contribution in [1.82, 2.24) is 19.7 Å². The summed E-state index contributed by atoms with van der Waals surface area (Å²) in [6, 6.07) is 6.64. The molecule has 0 aliphatic heterocycles. The maximum Gasteiger partial charge on any atom is 0.137 e. The van der Waals surface area contributed by atoms with Crippen LogP contribution >= 0.6 is 15.9 Å². The fourth-order valence-electron chi connectivity index (χ4n) is 2.75. The topological polar surface area (TPSA) is 63.8 Å². The predicted molar refractivity (Wildman–Crippen MR) is 90.6 cm³/mol. The van der Waals surface area contributed by atoms with Crippen LogP contribution in [0.3, 0.4) is 0 Å². The Hall–Kier alpha value is -2.19. The first kappa shape index (κ1) is 17.6. The molecule has 1 N–H and O–H groups in total. The van der Waals surface area contributed by atoms with E-state index in [-0.39, 0.29) is 12.1 Å². The Morgan fingerprint density at radius 3 is 2.68 bits per heavy atom. The highest BCUT2D eigenvalue weighted by molar-refractivity contribution is 9.10. The lowest BCUT2D eigenvalue weighted by Crippen LogP contribution is -2.38. The van der Waals surface area contributed by atoms with Gasteiger partial charge in [0.1, 0.15) is 29.9 Å². The van der Waals surface area contributed by atoms with Gasteiger partial charge in [0.2, 0.25) is 0 Å². The fraction of sp³-hybridized carbons (Fsp3) is 0.235. The number of pyridine rings is 1. The van der Waals surface area contributed by atoms with Crippen molar-refractivity contribution in [3.05, 3.63) is 76.5 Å². The van der Waals surface area contributed by atoms with Crippen molar-refractivity contribution in [3.63, 3.8) is 0 Å². The van der Waals surface area contributed by atoms with Crippen LogP contribution in [0.4, 0.5) is 8.78 Å². The first-order chi connectivity index (χ1) is 11.9. The molecule has 2 atom stereocenters. The SMILES string of the molecule is CC(c1ccc(Br)cn1)C(O)(Cn1cncn1)c1ccc(F)cc1F. The molecule has 0 saturated carbocycles. The molecule has 1 aromatic carbocycles. The highest BCUT2D eigenvalue weighted by atomic mass is 79.9. The van der Waals surface area contributed by atoms with E-state index in [1.807, 2.05) is 0 Å². The van der Waals surface area contributed by atoms with Gasteiger partial charge in [-0.15, -0.1) is 0 Å². The van der Waals surface area contributed by atoms with Crippen LogP contribution in [0.2, 0.25) is 0 Å². The van der Waals surface area contributed by atoms with E-state index in [1.165, 1.54) is 23.4 Å². The number of hydrogen-bond acceptors (Lipinski definition) is 4. The lowest BCUT2D eigenvalue weighted by molar-refractivity contribution is -0.0123. The molecule has 0 aliphatic carbocycles. The minimum absolute atomic E-state index is 0.0263. The monoisotopic (exact) mass is 408 g/mol. The average molecular weight is 409 g/mol. The maximum atomic E-state index is 14.4. The molecule has 0 aliphatic rings. The highest BCUT2D eigenvalue weighted by Gasteiger charge is 2.40. The Labute approximate surface area is 151 Å². The van der Waals surface area contributed by atoms with Gasteiger partial charge < -0.3 is 5.11 Å². The molecule has 8 heteroatoms. The van der Waals surface area contributed by atoms with E-state index in [0.29, 0.717) is 5.69 Å². The molecule has 0 radical (unpaired) electrons. The Morgan fingerprint density at radius 1 is 1.28 bits per heavy atom. The highest BCUT2D eigenvalue weighted by Crippen LogP contribution is 2.39. The quantitative estimate of drug-likeness (QED) is 0.702. The van der Waals surface area contributed by atoms with E-state index < -0.39 is 23.2 Å². The van der Waals surface area contributed by atoms with Gasteiger partial charge in [-0.05, 0) is 34.1 Å². The second kappa shape index (κ2) is 6.97. The number of benzene rings is 1. The van der Waals surface area contributed by atoms with Crippen molar-refractivity contribution >= 4 is 15.9 Å². The van der Waals surface area contributed by atoms with Crippen LogP contribution in [0, 0.1) is 11.6 Å². The number of aliphatic hydroxyl groups is 1.